The third-order valence-electron chi connectivity index (χ3n) is 4.90. The Balaban J connectivity index is 1.72. The van der Waals surface area contributed by atoms with Crippen LogP contribution < -0.4 is 0 Å². The summed E-state index contributed by atoms with van der Waals surface area (Å²) < 4.78 is 0. The van der Waals surface area contributed by atoms with E-state index in [2.05, 4.69) is 31.7 Å². The van der Waals surface area contributed by atoms with Crippen LogP contribution in [0.25, 0.3) is 0 Å². The van der Waals surface area contributed by atoms with Crippen molar-refractivity contribution in [2.45, 2.75) is 25.8 Å². The van der Waals surface area contributed by atoms with E-state index in [0.29, 0.717) is 13.1 Å². The Morgan fingerprint density at radius 1 is 1.27 bits per heavy atom. The summed E-state index contributed by atoms with van der Waals surface area (Å²) in [7, 11) is 0. The van der Waals surface area contributed by atoms with Gasteiger partial charge in [-0.1, -0.05) is 30.8 Å². The minimum atomic E-state index is -0.0765. The van der Waals surface area contributed by atoms with E-state index < -0.39 is 0 Å². The standard InChI is InChI=1S/C18H22N2O2/c1-3-17(21)19-10-8-15(12-19)18(22)20-11-9-14-6-4-5-7-16(14)13(20)2/h3-7,13,15H,1,8-12H2,2H3/t13?,15-/m0/s1. The van der Waals surface area contributed by atoms with Gasteiger partial charge in [-0.15, -0.1) is 0 Å². The monoisotopic (exact) mass is 298 g/mol. The van der Waals surface area contributed by atoms with E-state index in [1.807, 2.05) is 11.0 Å². The maximum Gasteiger partial charge on any atom is 0.245 e. The molecule has 4 nitrogen and oxygen atoms in total. The molecular weight excluding hydrogens is 276 g/mol. The first kappa shape index (κ1) is 14.8. The molecule has 0 aliphatic carbocycles. The zero-order chi connectivity index (χ0) is 15.7. The van der Waals surface area contributed by atoms with E-state index in [1.54, 1.807) is 4.90 Å². The zero-order valence-electron chi connectivity index (χ0n) is 13.0. The highest BCUT2D eigenvalue weighted by molar-refractivity contribution is 5.88. The van der Waals surface area contributed by atoms with Crippen LogP contribution in [0.2, 0.25) is 0 Å². The summed E-state index contributed by atoms with van der Waals surface area (Å²) in [6, 6.07) is 8.46. The van der Waals surface area contributed by atoms with Gasteiger partial charge in [-0.05, 0) is 37.0 Å². The quantitative estimate of drug-likeness (QED) is 0.785. The Morgan fingerprint density at radius 3 is 2.82 bits per heavy atom. The largest absolute Gasteiger partial charge is 0.338 e. The smallest absolute Gasteiger partial charge is 0.245 e. The van der Waals surface area contributed by atoms with E-state index in [4.69, 9.17) is 0 Å². The van der Waals surface area contributed by atoms with Crippen LogP contribution in [0, 0.1) is 5.92 Å². The second kappa shape index (κ2) is 5.95. The van der Waals surface area contributed by atoms with Crippen molar-refractivity contribution in [3.8, 4) is 0 Å². The minimum Gasteiger partial charge on any atom is -0.338 e. The maximum atomic E-state index is 12.8. The van der Waals surface area contributed by atoms with Gasteiger partial charge in [0.05, 0.1) is 12.0 Å². The highest BCUT2D eigenvalue weighted by Gasteiger charge is 2.36. The SMILES string of the molecule is C=CC(=O)N1CC[C@H](C(=O)N2CCc3ccccc3C2C)C1. The molecule has 0 radical (unpaired) electrons. The predicted octanol–water partition coefficient (Wildman–Crippen LogP) is 2.17. The number of fused-ring (bicyclic) bond motifs is 1. The van der Waals surface area contributed by atoms with Gasteiger partial charge in [-0.3, -0.25) is 9.59 Å². The molecule has 4 heteroatoms. The molecule has 0 spiro atoms. The Kier molecular flexibility index (Phi) is 4.01. The van der Waals surface area contributed by atoms with Crippen LogP contribution in [0.5, 0.6) is 0 Å². The lowest BCUT2D eigenvalue weighted by Gasteiger charge is -2.36. The lowest BCUT2D eigenvalue weighted by molar-refractivity contribution is -0.138. The number of hydrogen-bond acceptors (Lipinski definition) is 2. The van der Waals surface area contributed by atoms with Crippen molar-refractivity contribution < 1.29 is 9.59 Å². The number of nitrogens with zero attached hydrogens (tertiary/aromatic N) is 2. The summed E-state index contributed by atoms with van der Waals surface area (Å²) in [5.74, 6) is 0.0327. The fraction of sp³-hybridized carbons (Fsp3) is 0.444. The minimum absolute atomic E-state index is 0.0726. The predicted molar refractivity (Wildman–Crippen MR) is 85.2 cm³/mol. The summed E-state index contributed by atoms with van der Waals surface area (Å²) in [6.45, 7) is 7.55. The number of amides is 2. The van der Waals surface area contributed by atoms with Gasteiger partial charge in [0.2, 0.25) is 11.8 Å². The first-order chi connectivity index (χ1) is 10.6. The van der Waals surface area contributed by atoms with Crippen molar-refractivity contribution in [3.63, 3.8) is 0 Å². The fourth-order valence-corrected chi connectivity index (χ4v) is 3.60. The number of benzene rings is 1. The zero-order valence-corrected chi connectivity index (χ0v) is 13.0. The van der Waals surface area contributed by atoms with E-state index in [1.165, 1.54) is 17.2 Å². The first-order valence-electron chi connectivity index (χ1n) is 7.91. The molecule has 1 aromatic carbocycles. The van der Waals surface area contributed by atoms with Crippen molar-refractivity contribution in [1.82, 2.24) is 9.80 Å². The first-order valence-corrected chi connectivity index (χ1v) is 7.91. The normalized spacial score (nSPS) is 24.0. The second-order valence-electron chi connectivity index (χ2n) is 6.13. The van der Waals surface area contributed by atoms with Crippen molar-refractivity contribution >= 4 is 11.8 Å². The number of hydrogen-bond donors (Lipinski definition) is 0. The molecule has 1 saturated heterocycles. The lowest BCUT2D eigenvalue weighted by atomic mass is 9.92. The summed E-state index contributed by atoms with van der Waals surface area (Å²) in [5, 5.41) is 0. The van der Waals surface area contributed by atoms with E-state index >= 15 is 0 Å². The molecule has 2 atom stereocenters. The third-order valence-corrected chi connectivity index (χ3v) is 4.90. The molecule has 3 rings (SSSR count). The van der Waals surface area contributed by atoms with Crippen molar-refractivity contribution in [1.29, 1.82) is 0 Å². The van der Waals surface area contributed by atoms with Gasteiger partial charge in [0.1, 0.15) is 0 Å². The van der Waals surface area contributed by atoms with Crippen LogP contribution >= 0.6 is 0 Å². The number of carbonyl (C=O) groups is 2. The van der Waals surface area contributed by atoms with Crippen molar-refractivity contribution in [3.05, 3.63) is 48.0 Å². The topological polar surface area (TPSA) is 40.6 Å². The molecule has 1 unspecified atom stereocenters. The van der Waals surface area contributed by atoms with E-state index in [9.17, 15) is 9.59 Å². The number of carbonyl (C=O) groups excluding carboxylic acids is 2. The summed E-state index contributed by atoms with van der Waals surface area (Å²) >= 11 is 0. The highest BCUT2D eigenvalue weighted by Crippen LogP contribution is 2.31. The Labute approximate surface area is 131 Å². The van der Waals surface area contributed by atoms with E-state index in [-0.39, 0.29) is 23.8 Å². The molecule has 1 aromatic rings. The summed E-state index contributed by atoms with van der Waals surface area (Å²) in [5.41, 5.74) is 2.59. The molecule has 1 fully saturated rings. The van der Waals surface area contributed by atoms with Crippen molar-refractivity contribution in [2.24, 2.45) is 5.92 Å². The molecule has 2 aliphatic rings. The molecule has 2 aliphatic heterocycles. The number of rotatable bonds is 2. The highest BCUT2D eigenvalue weighted by atomic mass is 16.2. The lowest BCUT2D eigenvalue weighted by Crippen LogP contribution is -2.43. The van der Waals surface area contributed by atoms with Crippen LogP contribution in [0.15, 0.2) is 36.9 Å². The van der Waals surface area contributed by atoms with Gasteiger partial charge in [0.25, 0.3) is 0 Å². The molecular formula is C18H22N2O2. The number of likely N-dealkylation sites (tertiary alicyclic amines) is 1. The third kappa shape index (κ3) is 2.54. The van der Waals surface area contributed by atoms with Crippen LogP contribution in [0.1, 0.15) is 30.5 Å². The average molecular weight is 298 g/mol. The van der Waals surface area contributed by atoms with Crippen LogP contribution in [0.3, 0.4) is 0 Å². The maximum absolute atomic E-state index is 12.8. The summed E-state index contributed by atoms with van der Waals surface area (Å²) in [6.07, 6.45) is 2.99. The molecule has 0 bridgehead atoms. The molecule has 22 heavy (non-hydrogen) atoms. The molecule has 0 N–H and O–H groups in total. The van der Waals surface area contributed by atoms with Gasteiger partial charge >= 0.3 is 0 Å². The Morgan fingerprint density at radius 2 is 2.05 bits per heavy atom. The molecule has 116 valence electrons. The van der Waals surface area contributed by atoms with Crippen molar-refractivity contribution in [2.75, 3.05) is 19.6 Å². The average Bonchev–Trinajstić information content (AvgIpc) is 3.04. The van der Waals surface area contributed by atoms with E-state index in [0.717, 1.165) is 19.4 Å². The molecule has 0 saturated carbocycles. The Bertz CT molecular complexity index is 611. The Hall–Kier alpha value is -2.10. The van der Waals surface area contributed by atoms with Crippen LogP contribution in [-0.4, -0.2) is 41.2 Å². The summed E-state index contributed by atoms with van der Waals surface area (Å²) in [4.78, 5) is 28.2. The van der Waals surface area contributed by atoms with Crippen LogP contribution in [0.4, 0.5) is 0 Å². The molecule has 0 aromatic heterocycles. The van der Waals surface area contributed by atoms with Gasteiger partial charge in [0, 0.05) is 19.6 Å². The second-order valence-corrected chi connectivity index (χ2v) is 6.13. The fourth-order valence-electron chi connectivity index (χ4n) is 3.60. The molecule has 2 heterocycles. The molecule has 2 amide bonds. The van der Waals surface area contributed by atoms with Gasteiger partial charge in [-0.2, -0.15) is 0 Å². The van der Waals surface area contributed by atoms with Gasteiger partial charge in [0.15, 0.2) is 0 Å². The van der Waals surface area contributed by atoms with Gasteiger partial charge < -0.3 is 9.80 Å². The van der Waals surface area contributed by atoms with Crippen LogP contribution in [-0.2, 0) is 16.0 Å². The van der Waals surface area contributed by atoms with Gasteiger partial charge in [-0.25, -0.2) is 0 Å².